The Kier molecular flexibility index (Phi) is 10.9. The molecule has 268 valence electrons. The highest BCUT2D eigenvalue weighted by Gasteiger charge is 2.39. The number of hydroxylamine groups is 2. The lowest BCUT2D eigenvalue weighted by molar-refractivity contribution is -0.197. The second-order valence-corrected chi connectivity index (χ2v) is 15.6. The first kappa shape index (κ1) is 37.5. The van der Waals surface area contributed by atoms with E-state index in [-0.39, 0.29) is 29.6 Å². The summed E-state index contributed by atoms with van der Waals surface area (Å²) in [6.07, 6.45) is 12.5. The molecule has 2 heterocycles. The molecule has 9 nitrogen and oxygen atoms in total. The maximum Gasteiger partial charge on any atom is 0.333 e. The fourth-order valence-electron chi connectivity index (χ4n) is 7.15. The fraction of sp³-hybridized carbons (Fsp3) is 0.341. The second-order valence-electron chi connectivity index (χ2n) is 14.2. The van der Waals surface area contributed by atoms with Crippen molar-refractivity contribution >= 4 is 44.4 Å². The highest BCUT2D eigenvalue weighted by Crippen LogP contribution is 2.47. The number of rotatable bonds is 13. The van der Waals surface area contributed by atoms with Gasteiger partial charge in [0.25, 0.3) is 21.9 Å². The minimum Gasteiger partial charge on any atom is -0.344 e. The number of hydrogen-bond acceptors (Lipinski definition) is 7. The first-order chi connectivity index (χ1) is 24.0. The van der Waals surface area contributed by atoms with Crippen LogP contribution in [0.4, 0.5) is 5.69 Å². The molecule has 2 aliphatic rings. The first-order valence-corrected chi connectivity index (χ1v) is 18.7. The summed E-state index contributed by atoms with van der Waals surface area (Å²) in [5, 5.41) is 1.82. The number of unbranched alkanes of at least 4 members (excludes halogenated alkanes) is 2. The van der Waals surface area contributed by atoms with Gasteiger partial charge < -0.3 is 9.74 Å². The van der Waals surface area contributed by atoms with Crippen LogP contribution in [0.15, 0.2) is 108 Å². The van der Waals surface area contributed by atoms with Crippen LogP contribution in [-0.2, 0) is 40.2 Å². The van der Waals surface area contributed by atoms with Gasteiger partial charge in [-0.05, 0) is 65.6 Å². The van der Waals surface area contributed by atoms with Crippen LogP contribution < -0.4 is 4.90 Å². The van der Waals surface area contributed by atoms with Gasteiger partial charge >= 0.3 is 5.97 Å². The Hall–Kier alpha value is -4.80. The summed E-state index contributed by atoms with van der Waals surface area (Å²) in [4.78, 5) is 42.9. The average Bonchev–Trinajstić information content (AvgIpc) is 3.50. The molecule has 3 aromatic rings. The topological polar surface area (TPSA) is 121 Å². The lowest BCUT2D eigenvalue weighted by atomic mass is 9.74. The number of carbonyl (C=O) groups excluding carboxylic acids is 3. The molecule has 0 unspecified atom stereocenters. The fourth-order valence-corrected chi connectivity index (χ4v) is 7.85. The molecule has 1 N–H and O–H groups in total. The van der Waals surface area contributed by atoms with Crippen LogP contribution in [0.3, 0.4) is 0 Å². The van der Waals surface area contributed by atoms with Gasteiger partial charge in [0.1, 0.15) is 4.90 Å². The summed E-state index contributed by atoms with van der Waals surface area (Å²) in [5.74, 6) is -1.53. The van der Waals surface area contributed by atoms with Gasteiger partial charge in [0.05, 0.1) is 0 Å². The molecule has 1 fully saturated rings. The standard InChI is InChI=1S/C41H46N2O7S/c1-28-23-24-30-31(17-15-20-34(30)51(47,48)49)39(28)40(3,4)29(2)16-9-7-10-21-35-41(5,6)32-18-12-13-19-33(32)42(35)27-14-8-11-22-38(46)50-43-36(44)25-26-37(43)45/h7,9-10,12-13,15-21,23-24H,2,8,11,14,22,25-27H2,1,3-6H3,(H,47,48,49)/b10-7+,16-9+,35-21+. The third kappa shape index (κ3) is 7.77. The van der Waals surface area contributed by atoms with E-state index in [1.54, 1.807) is 12.1 Å². The number of allylic oxidation sites excluding steroid dienone is 7. The lowest BCUT2D eigenvalue weighted by Crippen LogP contribution is -2.32. The average molecular weight is 711 g/mol. The summed E-state index contributed by atoms with van der Waals surface area (Å²) >= 11 is 0. The zero-order valence-electron chi connectivity index (χ0n) is 29.9. The van der Waals surface area contributed by atoms with E-state index in [0.29, 0.717) is 16.9 Å². The van der Waals surface area contributed by atoms with E-state index in [1.807, 2.05) is 49.4 Å². The van der Waals surface area contributed by atoms with Gasteiger partial charge in [-0.3, -0.25) is 14.1 Å². The highest BCUT2D eigenvalue weighted by molar-refractivity contribution is 7.86. The summed E-state index contributed by atoms with van der Waals surface area (Å²) in [6, 6.07) is 16.9. The molecule has 0 atom stereocenters. The van der Waals surface area contributed by atoms with E-state index in [2.05, 4.69) is 63.4 Å². The number of fused-ring (bicyclic) bond motifs is 2. The number of benzene rings is 3. The molecular formula is C41H46N2O7S. The Labute approximate surface area is 300 Å². The van der Waals surface area contributed by atoms with Gasteiger partial charge in [-0.1, -0.05) is 107 Å². The van der Waals surface area contributed by atoms with E-state index >= 15 is 0 Å². The number of imide groups is 1. The van der Waals surface area contributed by atoms with Gasteiger partial charge in [0.2, 0.25) is 0 Å². The van der Waals surface area contributed by atoms with Crippen LogP contribution in [0, 0.1) is 6.92 Å². The van der Waals surface area contributed by atoms with Gasteiger partial charge in [-0.25, -0.2) is 4.79 Å². The van der Waals surface area contributed by atoms with E-state index < -0.39 is 33.3 Å². The first-order valence-electron chi connectivity index (χ1n) is 17.2. The van der Waals surface area contributed by atoms with E-state index in [1.165, 1.54) is 11.6 Å². The molecule has 0 bridgehead atoms. The lowest BCUT2D eigenvalue weighted by Gasteiger charge is -2.30. The Bertz CT molecular complexity index is 2070. The van der Waals surface area contributed by atoms with Gasteiger partial charge in [-0.2, -0.15) is 8.42 Å². The van der Waals surface area contributed by atoms with Crippen molar-refractivity contribution in [1.29, 1.82) is 0 Å². The van der Waals surface area contributed by atoms with Crippen molar-refractivity contribution < 1.29 is 32.2 Å². The number of amides is 2. The molecule has 51 heavy (non-hydrogen) atoms. The van der Waals surface area contributed by atoms with Crippen LogP contribution >= 0.6 is 0 Å². The molecular weight excluding hydrogens is 665 g/mol. The summed E-state index contributed by atoms with van der Waals surface area (Å²) in [7, 11) is -4.39. The smallest absolute Gasteiger partial charge is 0.333 e. The normalized spacial score (nSPS) is 17.0. The highest BCUT2D eigenvalue weighted by atomic mass is 32.2. The summed E-state index contributed by atoms with van der Waals surface area (Å²) in [6.45, 7) is 15.7. The quantitative estimate of drug-likeness (QED) is 0.0816. The van der Waals surface area contributed by atoms with Crippen molar-refractivity contribution in [3.8, 4) is 0 Å². The van der Waals surface area contributed by atoms with Crippen molar-refractivity contribution in [3.05, 3.63) is 120 Å². The van der Waals surface area contributed by atoms with Crippen LogP contribution in [0.2, 0.25) is 0 Å². The molecule has 0 aromatic heterocycles. The van der Waals surface area contributed by atoms with Crippen LogP contribution in [0.5, 0.6) is 0 Å². The van der Waals surface area contributed by atoms with E-state index in [9.17, 15) is 27.4 Å². The third-order valence-corrected chi connectivity index (χ3v) is 10.9. The zero-order valence-corrected chi connectivity index (χ0v) is 30.8. The molecule has 0 radical (unpaired) electrons. The van der Waals surface area contributed by atoms with Crippen molar-refractivity contribution in [2.24, 2.45) is 0 Å². The van der Waals surface area contributed by atoms with Crippen molar-refractivity contribution in [3.63, 3.8) is 0 Å². The van der Waals surface area contributed by atoms with Crippen LogP contribution in [0.1, 0.15) is 82.9 Å². The Morgan fingerprint density at radius 1 is 0.941 bits per heavy atom. The van der Waals surface area contributed by atoms with Crippen molar-refractivity contribution in [2.45, 2.75) is 88.9 Å². The zero-order chi connectivity index (χ0) is 37.1. The molecule has 0 saturated carbocycles. The number of anilines is 1. The molecule has 10 heteroatoms. The SMILES string of the molecule is C=C(/C=C/C=C/C=C1/N(CCCCCC(=O)ON2C(=O)CCC2=O)c2ccccc2C1(C)C)C(C)(C)c1c(C)ccc2c(S(=O)(=O)O)cccc12. The molecule has 2 amide bonds. The maximum absolute atomic E-state index is 12.2. The minimum atomic E-state index is -4.39. The Morgan fingerprint density at radius 2 is 1.65 bits per heavy atom. The minimum absolute atomic E-state index is 0.0742. The predicted octanol–water partition coefficient (Wildman–Crippen LogP) is 8.19. The van der Waals surface area contributed by atoms with Crippen molar-refractivity contribution in [1.82, 2.24) is 5.06 Å². The predicted molar refractivity (Wildman–Crippen MR) is 199 cm³/mol. The Morgan fingerprint density at radius 3 is 2.35 bits per heavy atom. The molecule has 1 saturated heterocycles. The molecule has 3 aromatic carbocycles. The number of hydrogen-bond donors (Lipinski definition) is 1. The van der Waals surface area contributed by atoms with Crippen molar-refractivity contribution in [2.75, 3.05) is 11.4 Å². The van der Waals surface area contributed by atoms with Crippen LogP contribution in [-0.4, -0.2) is 42.4 Å². The van der Waals surface area contributed by atoms with Crippen LogP contribution in [0.25, 0.3) is 10.8 Å². The molecule has 5 rings (SSSR count). The molecule has 2 aliphatic heterocycles. The number of carbonyl (C=O) groups is 3. The Balaban J connectivity index is 1.27. The second kappa shape index (κ2) is 14.8. The van der Waals surface area contributed by atoms with Gasteiger partial charge in [0, 0.05) is 53.4 Å². The maximum atomic E-state index is 12.2. The summed E-state index contributed by atoms with van der Waals surface area (Å²) < 4.78 is 34.0. The largest absolute Gasteiger partial charge is 0.344 e. The van der Waals surface area contributed by atoms with E-state index in [0.717, 1.165) is 52.9 Å². The monoisotopic (exact) mass is 710 g/mol. The van der Waals surface area contributed by atoms with Gasteiger partial charge in [0.15, 0.2) is 0 Å². The third-order valence-electron chi connectivity index (χ3n) is 9.97. The number of aryl methyl sites for hydroxylation is 1. The van der Waals surface area contributed by atoms with E-state index in [4.69, 9.17) is 4.84 Å². The molecule has 0 spiro atoms. The van der Waals surface area contributed by atoms with Gasteiger partial charge in [-0.15, -0.1) is 5.06 Å². The summed E-state index contributed by atoms with van der Waals surface area (Å²) in [5.41, 5.74) is 5.54. The molecule has 0 aliphatic carbocycles. The number of para-hydroxylation sites is 1. The number of nitrogens with zero attached hydrogens (tertiary/aromatic N) is 2.